The average Bonchev–Trinajstić information content (AvgIpc) is 2.66. The highest BCUT2D eigenvalue weighted by atomic mass is 32.2. The summed E-state index contributed by atoms with van der Waals surface area (Å²) in [4.78, 5) is 14.8. The molecule has 0 aromatic rings. The number of ether oxygens (including phenoxy) is 1. The van der Waals surface area contributed by atoms with Crippen LogP contribution in [-0.4, -0.2) is 76.1 Å². The van der Waals surface area contributed by atoms with Crippen LogP contribution in [0.5, 0.6) is 0 Å². The maximum atomic E-state index is 11.1. The van der Waals surface area contributed by atoms with E-state index in [4.69, 9.17) is 9.84 Å². The van der Waals surface area contributed by atoms with Crippen LogP contribution < -0.4 is 0 Å². The first-order chi connectivity index (χ1) is 12.9. The number of allylic oxidation sites excluding steroid dienone is 2. The molecule has 0 aliphatic heterocycles. The second-order valence-corrected chi connectivity index (χ2v) is 8.46. The zero-order chi connectivity index (χ0) is 22.1. The van der Waals surface area contributed by atoms with Crippen LogP contribution in [0.3, 0.4) is 0 Å². The molecule has 0 aromatic heterocycles. The molecule has 0 bridgehead atoms. The van der Waals surface area contributed by atoms with Crippen molar-refractivity contribution >= 4 is 17.7 Å². The van der Waals surface area contributed by atoms with Crippen molar-refractivity contribution in [2.45, 2.75) is 63.7 Å². The summed E-state index contributed by atoms with van der Waals surface area (Å²) < 4.78 is 5.91. The first-order valence-corrected chi connectivity index (χ1v) is 10.7. The van der Waals surface area contributed by atoms with Crippen LogP contribution in [0.4, 0.5) is 0 Å². The molecule has 0 heterocycles. The Bertz CT molecular complexity index is 563. The Balaban J connectivity index is 4.91. The van der Waals surface area contributed by atoms with Crippen LogP contribution in [0.1, 0.15) is 40.5 Å². The number of rotatable bonds is 14. The number of aliphatic hydroxyl groups excluding tert-OH is 1. The molecule has 0 aliphatic rings. The topological polar surface area (TPSA) is 73.2 Å². The lowest BCUT2D eigenvalue weighted by molar-refractivity contribution is -0.146. The predicted molar refractivity (Wildman–Crippen MR) is 118 cm³/mol. The molecule has 7 heteroatoms. The number of carboxylic acids is 1. The van der Waals surface area contributed by atoms with Crippen molar-refractivity contribution in [1.82, 2.24) is 9.80 Å². The van der Waals surface area contributed by atoms with Gasteiger partial charge < -0.3 is 14.9 Å². The Kier molecular flexibility index (Phi) is 11.8. The summed E-state index contributed by atoms with van der Waals surface area (Å²) in [7, 11) is 3.66. The smallest absolute Gasteiger partial charge is 0.320 e. The van der Waals surface area contributed by atoms with E-state index >= 15 is 0 Å². The standard InChI is InChI=1S/C21H38N2O4S/c1-10-17(14-18(24)22(7)15(3)20(25)26)16(4)27-13-12-19(28-9)23(8)21(5,6)11-2/h10-11,15,18-19,24H,1-2,12-14H2,3-9H3,(H,25,26)/b17-16-/t15?,18?,19-/m1/s1. The molecular weight excluding hydrogens is 376 g/mol. The third kappa shape index (κ3) is 7.99. The minimum atomic E-state index is -0.978. The maximum Gasteiger partial charge on any atom is 0.320 e. The van der Waals surface area contributed by atoms with E-state index in [9.17, 15) is 9.90 Å². The SMILES string of the molecule is C=C/C(CC(O)N(C)C(C)C(=O)O)=C(\C)OCC[C@@H](SC)N(C)C(C)(C)C=C. The van der Waals surface area contributed by atoms with Gasteiger partial charge in [-0.15, -0.1) is 18.3 Å². The predicted octanol–water partition coefficient (Wildman–Crippen LogP) is 3.55. The molecule has 28 heavy (non-hydrogen) atoms. The van der Waals surface area contributed by atoms with Gasteiger partial charge in [-0.2, -0.15) is 0 Å². The lowest BCUT2D eigenvalue weighted by atomic mass is 10.0. The number of thioether (sulfide) groups is 1. The van der Waals surface area contributed by atoms with Gasteiger partial charge in [-0.05, 0) is 53.6 Å². The van der Waals surface area contributed by atoms with Crippen LogP contribution >= 0.6 is 11.8 Å². The Morgan fingerprint density at radius 3 is 2.32 bits per heavy atom. The largest absolute Gasteiger partial charge is 0.498 e. The number of carboxylic acid groups (broad SMARTS) is 1. The number of hydrogen-bond donors (Lipinski definition) is 2. The van der Waals surface area contributed by atoms with Gasteiger partial charge in [0.1, 0.15) is 12.3 Å². The summed E-state index contributed by atoms with van der Waals surface area (Å²) in [6.07, 6.45) is 5.81. The van der Waals surface area contributed by atoms with E-state index in [2.05, 4.69) is 45.2 Å². The molecule has 2 N–H and O–H groups in total. The Morgan fingerprint density at radius 1 is 1.32 bits per heavy atom. The first kappa shape index (κ1) is 26.7. The van der Waals surface area contributed by atoms with Crippen LogP contribution in [0, 0.1) is 0 Å². The van der Waals surface area contributed by atoms with Gasteiger partial charge in [-0.3, -0.25) is 14.6 Å². The van der Waals surface area contributed by atoms with Gasteiger partial charge in [0.25, 0.3) is 0 Å². The lowest BCUT2D eigenvalue weighted by Crippen LogP contribution is -2.45. The zero-order valence-electron chi connectivity index (χ0n) is 18.4. The molecule has 0 aromatic carbocycles. The van der Waals surface area contributed by atoms with Crippen molar-refractivity contribution in [3.63, 3.8) is 0 Å². The maximum absolute atomic E-state index is 11.1. The van der Waals surface area contributed by atoms with Crippen molar-refractivity contribution in [2.75, 3.05) is 27.0 Å². The molecule has 0 saturated heterocycles. The minimum absolute atomic E-state index is 0.111. The summed E-state index contributed by atoms with van der Waals surface area (Å²) in [6.45, 7) is 15.9. The average molecular weight is 415 g/mol. The van der Waals surface area contributed by atoms with E-state index in [-0.39, 0.29) is 17.3 Å². The highest BCUT2D eigenvalue weighted by Crippen LogP contribution is 2.25. The van der Waals surface area contributed by atoms with E-state index in [0.717, 1.165) is 12.0 Å². The molecule has 0 saturated carbocycles. The van der Waals surface area contributed by atoms with Crippen molar-refractivity contribution in [1.29, 1.82) is 0 Å². The Morgan fingerprint density at radius 2 is 1.89 bits per heavy atom. The zero-order valence-corrected chi connectivity index (χ0v) is 19.3. The second kappa shape index (κ2) is 12.3. The molecule has 3 atom stereocenters. The summed E-state index contributed by atoms with van der Waals surface area (Å²) >= 11 is 1.77. The van der Waals surface area contributed by atoms with Crippen molar-refractivity contribution in [2.24, 2.45) is 0 Å². The van der Waals surface area contributed by atoms with Crippen molar-refractivity contribution in [3.8, 4) is 0 Å². The third-order valence-electron chi connectivity index (χ3n) is 5.34. The van der Waals surface area contributed by atoms with E-state index in [0.29, 0.717) is 12.4 Å². The molecule has 0 aliphatic carbocycles. The minimum Gasteiger partial charge on any atom is -0.498 e. The van der Waals surface area contributed by atoms with E-state index < -0.39 is 18.2 Å². The molecule has 0 radical (unpaired) electrons. The van der Waals surface area contributed by atoms with Gasteiger partial charge in [0.2, 0.25) is 0 Å². The fourth-order valence-corrected chi connectivity index (χ4v) is 3.45. The number of aliphatic hydroxyl groups is 1. The van der Waals surface area contributed by atoms with Crippen molar-refractivity contribution in [3.05, 3.63) is 36.6 Å². The number of hydrogen-bond acceptors (Lipinski definition) is 6. The fourth-order valence-electron chi connectivity index (χ4n) is 2.53. The quantitative estimate of drug-likeness (QED) is 0.195. The van der Waals surface area contributed by atoms with E-state index in [1.54, 1.807) is 24.9 Å². The van der Waals surface area contributed by atoms with E-state index in [1.807, 2.05) is 13.0 Å². The normalized spacial score (nSPS) is 16.4. The monoisotopic (exact) mass is 414 g/mol. The van der Waals surface area contributed by atoms with Gasteiger partial charge in [0.05, 0.1) is 17.7 Å². The first-order valence-electron chi connectivity index (χ1n) is 9.40. The van der Waals surface area contributed by atoms with Gasteiger partial charge in [0.15, 0.2) is 0 Å². The second-order valence-electron chi connectivity index (χ2n) is 7.45. The van der Waals surface area contributed by atoms with Gasteiger partial charge in [0, 0.05) is 18.4 Å². The summed E-state index contributed by atoms with van der Waals surface area (Å²) in [5, 5.41) is 19.7. The van der Waals surface area contributed by atoms with Crippen LogP contribution in [0.2, 0.25) is 0 Å². The van der Waals surface area contributed by atoms with Gasteiger partial charge >= 0.3 is 5.97 Å². The summed E-state index contributed by atoms with van der Waals surface area (Å²) in [6, 6.07) is -0.784. The molecule has 2 unspecified atom stereocenters. The van der Waals surface area contributed by atoms with Crippen LogP contribution in [0.25, 0.3) is 0 Å². The summed E-state index contributed by atoms with van der Waals surface area (Å²) in [5.74, 6) is -0.288. The number of nitrogens with zero attached hydrogens (tertiary/aromatic N) is 2. The summed E-state index contributed by atoms with van der Waals surface area (Å²) in [5.41, 5.74) is 0.651. The molecule has 0 fully saturated rings. The Hall–Kier alpha value is -1.28. The van der Waals surface area contributed by atoms with Crippen molar-refractivity contribution < 1.29 is 19.7 Å². The molecule has 162 valence electrons. The number of aliphatic carboxylic acids is 1. The molecule has 6 nitrogen and oxygen atoms in total. The van der Waals surface area contributed by atoms with Gasteiger partial charge in [-0.1, -0.05) is 18.7 Å². The molecule has 0 rings (SSSR count). The van der Waals surface area contributed by atoms with Crippen LogP contribution in [-0.2, 0) is 9.53 Å². The highest BCUT2D eigenvalue weighted by Gasteiger charge is 2.26. The fraction of sp³-hybridized carbons (Fsp3) is 0.667. The number of likely N-dealkylation sites (N-methyl/N-ethyl adjacent to an activating group) is 2. The molecular formula is C21H38N2O4S. The molecule has 0 spiro atoms. The van der Waals surface area contributed by atoms with Gasteiger partial charge in [-0.25, -0.2) is 0 Å². The Labute approximate surface area is 174 Å². The van der Waals surface area contributed by atoms with Crippen LogP contribution in [0.15, 0.2) is 36.6 Å². The van der Waals surface area contributed by atoms with E-state index in [1.165, 1.54) is 11.8 Å². The lowest BCUT2D eigenvalue weighted by Gasteiger charge is -2.38. The third-order valence-corrected chi connectivity index (χ3v) is 6.43. The molecule has 0 amide bonds. The number of carbonyl (C=O) groups is 1. The highest BCUT2D eigenvalue weighted by molar-refractivity contribution is 7.99.